The fourth-order valence-electron chi connectivity index (χ4n) is 4.34. The van der Waals surface area contributed by atoms with E-state index in [1.54, 1.807) is 0 Å². The fourth-order valence-corrected chi connectivity index (χ4v) is 7.40. The summed E-state index contributed by atoms with van der Waals surface area (Å²) in [4.78, 5) is 28.8. The third-order valence-electron chi connectivity index (χ3n) is 6.26. The molecule has 5 rings (SSSR count). The summed E-state index contributed by atoms with van der Waals surface area (Å²) in [5.41, 5.74) is 1.34. The van der Waals surface area contributed by atoms with Crippen molar-refractivity contribution < 1.29 is 22.9 Å². The molecule has 1 aliphatic heterocycles. The average molecular weight is 659 g/mol. The molecule has 11 nitrogen and oxygen atoms in total. The van der Waals surface area contributed by atoms with Crippen molar-refractivity contribution >= 4 is 70.4 Å². The van der Waals surface area contributed by atoms with Crippen LogP contribution in [0.1, 0.15) is 29.8 Å². The van der Waals surface area contributed by atoms with Gasteiger partial charge in [0.15, 0.2) is 0 Å². The van der Waals surface area contributed by atoms with Gasteiger partial charge in [-0.25, -0.2) is 13.4 Å². The molecule has 212 valence electrons. The number of fused-ring (bicyclic) bond motifs is 1. The summed E-state index contributed by atoms with van der Waals surface area (Å²) in [5, 5.41) is 16.8. The topological polar surface area (TPSA) is 135 Å². The van der Waals surface area contributed by atoms with Gasteiger partial charge in [0.1, 0.15) is 0 Å². The Morgan fingerprint density at radius 3 is 2.41 bits per heavy atom. The van der Waals surface area contributed by atoms with E-state index < -0.39 is 20.9 Å². The number of halogens is 1. The number of thiazole rings is 1. The number of ether oxygens (including phenoxy) is 1. The Bertz CT molecular complexity index is 1730. The molecular weight excluding hydrogens is 634 g/mol. The maximum Gasteiger partial charge on any atom is 0.280 e. The molecule has 0 aliphatic carbocycles. The van der Waals surface area contributed by atoms with Crippen LogP contribution in [-0.2, 0) is 14.8 Å². The molecule has 14 heteroatoms. The summed E-state index contributed by atoms with van der Waals surface area (Å²) in [7, 11) is -3.78. The number of carbonyl (C=O) groups is 1. The van der Waals surface area contributed by atoms with Gasteiger partial charge in [-0.05, 0) is 74.0 Å². The number of amides is 1. The SMILES string of the molecule is CC1CN(S(=O)(=O)c2ccc(C(=O)N(/N=C/c3ccc([N+](=O)[O-])cc3)c3nc4ccc(Br)cc4s3)cc2)CC(C)O1. The first-order valence-electron chi connectivity index (χ1n) is 12.5. The highest BCUT2D eigenvalue weighted by Gasteiger charge is 2.32. The van der Waals surface area contributed by atoms with Crippen molar-refractivity contribution in [3.63, 3.8) is 0 Å². The Hall–Kier alpha value is -3.56. The van der Waals surface area contributed by atoms with E-state index in [2.05, 4.69) is 26.0 Å². The second-order valence-electron chi connectivity index (χ2n) is 9.42. The molecule has 1 fully saturated rings. The molecule has 0 saturated carbocycles. The minimum Gasteiger partial charge on any atom is -0.373 e. The minimum atomic E-state index is -3.78. The molecule has 4 aromatic rings. The minimum absolute atomic E-state index is 0.0668. The second-order valence-corrected chi connectivity index (χ2v) is 13.3. The van der Waals surface area contributed by atoms with Crippen LogP contribution in [0.3, 0.4) is 0 Å². The van der Waals surface area contributed by atoms with E-state index >= 15 is 0 Å². The second kappa shape index (κ2) is 11.7. The summed E-state index contributed by atoms with van der Waals surface area (Å²) in [6.07, 6.45) is 0.945. The summed E-state index contributed by atoms with van der Waals surface area (Å²) in [6, 6.07) is 17.0. The molecule has 3 aromatic carbocycles. The molecule has 0 N–H and O–H groups in total. The largest absolute Gasteiger partial charge is 0.373 e. The molecule has 2 unspecified atom stereocenters. The molecule has 1 amide bonds. The summed E-state index contributed by atoms with van der Waals surface area (Å²) < 4.78 is 35.3. The smallest absolute Gasteiger partial charge is 0.280 e. The summed E-state index contributed by atoms with van der Waals surface area (Å²) in [6.45, 7) is 4.14. The molecule has 1 aliphatic rings. The summed E-state index contributed by atoms with van der Waals surface area (Å²) in [5.74, 6) is -0.529. The number of carbonyl (C=O) groups excluding carboxylic acids is 1. The maximum absolute atomic E-state index is 13.7. The molecular formula is C27H24BrN5O6S2. The van der Waals surface area contributed by atoms with E-state index in [1.165, 1.54) is 70.4 Å². The van der Waals surface area contributed by atoms with Crippen molar-refractivity contribution in [2.75, 3.05) is 18.1 Å². The van der Waals surface area contributed by atoms with Gasteiger partial charge in [-0.3, -0.25) is 14.9 Å². The van der Waals surface area contributed by atoms with Crippen LogP contribution >= 0.6 is 27.3 Å². The number of sulfonamides is 1. The maximum atomic E-state index is 13.7. The van der Waals surface area contributed by atoms with Gasteiger partial charge in [-0.15, -0.1) is 0 Å². The number of rotatable bonds is 7. The Labute approximate surface area is 248 Å². The van der Waals surface area contributed by atoms with Crippen molar-refractivity contribution in [2.45, 2.75) is 31.0 Å². The molecule has 0 spiro atoms. The Morgan fingerprint density at radius 2 is 1.78 bits per heavy atom. The van der Waals surface area contributed by atoms with Gasteiger partial charge < -0.3 is 4.74 Å². The van der Waals surface area contributed by atoms with Gasteiger partial charge in [0.2, 0.25) is 15.2 Å². The Kier molecular flexibility index (Phi) is 8.29. The lowest BCUT2D eigenvalue weighted by Crippen LogP contribution is -2.48. The molecule has 1 saturated heterocycles. The van der Waals surface area contributed by atoms with Crippen LogP contribution in [-0.4, -0.2) is 60.0 Å². The number of morpholine rings is 1. The number of aromatic nitrogens is 1. The van der Waals surface area contributed by atoms with Gasteiger partial charge in [0, 0.05) is 35.3 Å². The highest BCUT2D eigenvalue weighted by Crippen LogP contribution is 2.32. The first-order chi connectivity index (χ1) is 19.5. The molecule has 0 radical (unpaired) electrons. The zero-order valence-corrected chi connectivity index (χ0v) is 25.1. The number of anilines is 1. The molecule has 2 heterocycles. The standard InChI is InChI=1S/C27H24BrN5O6S2/c1-17-15-31(16-18(2)39-17)41(37,38)23-10-5-20(6-11-23)26(34)32(27-30-24-12-7-21(28)13-25(24)40-27)29-14-19-3-8-22(9-4-19)33(35)36/h3-14,17-18H,15-16H2,1-2H3/b29-14+. The number of non-ortho nitro benzene ring substituents is 1. The lowest BCUT2D eigenvalue weighted by atomic mass is 10.2. The number of hydrogen-bond donors (Lipinski definition) is 0. The number of nitro benzene ring substituents is 1. The van der Waals surface area contributed by atoms with Gasteiger partial charge in [0.05, 0.1) is 38.5 Å². The van der Waals surface area contributed by atoms with Crippen molar-refractivity contribution in [3.05, 3.63) is 92.4 Å². The van der Waals surface area contributed by atoms with E-state index in [-0.39, 0.29) is 41.4 Å². The van der Waals surface area contributed by atoms with Crippen LogP contribution in [0.4, 0.5) is 10.8 Å². The number of benzene rings is 3. The Morgan fingerprint density at radius 1 is 1.12 bits per heavy atom. The quantitative estimate of drug-likeness (QED) is 0.147. The zero-order chi connectivity index (χ0) is 29.3. The monoisotopic (exact) mass is 657 g/mol. The van der Waals surface area contributed by atoms with Gasteiger partial charge in [0.25, 0.3) is 11.6 Å². The molecule has 1 aromatic heterocycles. The van der Waals surface area contributed by atoms with E-state index in [9.17, 15) is 23.3 Å². The number of nitro groups is 1. The van der Waals surface area contributed by atoms with Crippen LogP contribution in [0.15, 0.2) is 81.2 Å². The lowest BCUT2D eigenvalue weighted by molar-refractivity contribution is -0.384. The van der Waals surface area contributed by atoms with E-state index in [1.807, 2.05) is 32.0 Å². The van der Waals surface area contributed by atoms with E-state index in [0.29, 0.717) is 16.2 Å². The third kappa shape index (κ3) is 6.36. The van der Waals surface area contributed by atoms with Gasteiger partial charge >= 0.3 is 0 Å². The van der Waals surface area contributed by atoms with Crippen molar-refractivity contribution in [1.29, 1.82) is 0 Å². The number of hydrazone groups is 1. The average Bonchev–Trinajstić information content (AvgIpc) is 3.35. The number of nitrogens with zero attached hydrogens (tertiary/aromatic N) is 5. The highest BCUT2D eigenvalue weighted by atomic mass is 79.9. The van der Waals surface area contributed by atoms with Crippen LogP contribution in [0.5, 0.6) is 0 Å². The zero-order valence-electron chi connectivity index (χ0n) is 21.9. The van der Waals surface area contributed by atoms with Crippen molar-refractivity contribution in [2.24, 2.45) is 5.10 Å². The lowest BCUT2D eigenvalue weighted by Gasteiger charge is -2.34. The van der Waals surface area contributed by atoms with E-state index in [4.69, 9.17) is 4.74 Å². The third-order valence-corrected chi connectivity index (χ3v) is 9.60. The fraction of sp³-hybridized carbons (Fsp3) is 0.222. The first kappa shape index (κ1) is 29.0. The molecule has 2 atom stereocenters. The van der Waals surface area contributed by atoms with Crippen LogP contribution in [0.2, 0.25) is 0 Å². The van der Waals surface area contributed by atoms with E-state index in [0.717, 1.165) is 14.2 Å². The first-order valence-corrected chi connectivity index (χ1v) is 15.5. The Balaban J connectivity index is 1.46. The highest BCUT2D eigenvalue weighted by molar-refractivity contribution is 9.10. The number of hydrogen-bond acceptors (Lipinski definition) is 9. The summed E-state index contributed by atoms with van der Waals surface area (Å²) >= 11 is 4.70. The van der Waals surface area contributed by atoms with Crippen LogP contribution in [0.25, 0.3) is 10.2 Å². The van der Waals surface area contributed by atoms with Crippen molar-refractivity contribution in [3.8, 4) is 0 Å². The predicted molar refractivity (Wildman–Crippen MR) is 160 cm³/mol. The van der Waals surface area contributed by atoms with Crippen LogP contribution in [0, 0.1) is 10.1 Å². The van der Waals surface area contributed by atoms with Crippen molar-refractivity contribution in [1.82, 2.24) is 9.29 Å². The normalized spacial score (nSPS) is 18.1. The predicted octanol–water partition coefficient (Wildman–Crippen LogP) is 5.45. The van der Waals surface area contributed by atoms with Gasteiger partial charge in [-0.2, -0.15) is 14.4 Å². The van der Waals surface area contributed by atoms with Gasteiger partial charge in [-0.1, -0.05) is 27.3 Å². The molecule has 41 heavy (non-hydrogen) atoms. The molecule has 0 bridgehead atoms. The van der Waals surface area contributed by atoms with Crippen LogP contribution < -0.4 is 5.01 Å².